The van der Waals surface area contributed by atoms with Crippen molar-refractivity contribution < 1.29 is 4.79 Å². The van der Waals surface area contributed by atoms with E-state index in [4.69, 9.17) is 11.5 Å². The van der Waals surface area contributed by atoms with E-state index in [2.05, 4.69) is 21.2 Å². The minimum absolute atomic E-state index is 0.173. The molecule has 0 spiro atoms. The zero-order valence-corrected chi connectivity index (χ0v) is 9.88. The van der Waals surface area contributed by atoms with Crippen LogP contribution in [0, 0.1) is 0 Å². The maximum atomic E-state index is 11.7. The Labute approximate surface area is 97.1 Å². The molecule has 0 unspecified atom stereocenters. The second kappa shape index (κ2) is 5.72. The first-order valence-electron chi connectivity index (χ1n) is 4.69. The SMILES string of the molecule is NCCCNC(=O)c1c(N)cccc1Br. The van der Waals surface area contributed by atoms with E-state index in [0.29, 0.717) is 28.8 Å². The maximum Gasteiger partial charge on any atom is 0.254 e. The van der Waals surface area contributed by atoms with Crippen LogP contribution >= 0.6 is 15.9 Å². The predicted molar refractivity (Wildman–Crippen MR) is 64.6 cm³/mol. The molecule has 0 aliphatic carbocycles. The molecule has 15 heavy (non-hydrogen) atoms. The Kier molecular flexibility index (Phi) is 4.58. The van der Waals surface area contributed by atoms with Gasteiger partial charge >= 0.3 is 0 Å². The molecule has 0 aliphatic heterocycles. The van der Waals surface area contributed by atoms with Gasteiger partial charge in [-0.15, -0.1) is 0 Å². The Morgan fingerprint density at radius 3 is 2.80 bits per heavy atom. The molecule has 0 saturated heterocycles. The highest BCUT2D eigenvalue weighted by molar-refractivity contribution is 9.10. The lowest BCUT2D eigenvalue weighted by Gasteiger charge is -2.08. The largest absolute Gasteiger partial charge is 0.398 e. The Morgan fingerprint density at radius 2 is 2.20 bits per heavy atom. The van der Waals surface area contributed by atoms with Gasteiger partial charge in [0.05, 0.1) is 5.56 Å². The summed E-state index contributed by atoms with van der Waals surface area (Å²) in [5, 5.41) is 2.75. The van der Waals surface area contributed by atoms with Gasteiger partial charge in [0.1, 0.15) is 0 Å². The number of nitrogens with two attached hydrogens (primary N) is 2. The van der Waals surface area contributed by atoms with Crippen molar-refractivity contribution >= 4 is 27.5 Å². The number of anilines is 1. The van der Waals surface area contributed by atoms with Gasteiger partial charge < -0.3 is 16.8 Å². The van der Waals surface area contributed by atoms with Crippen molar-refractivity contribution in [2.75, 3.05) is 18.8 Å². The summed E-state index contributed by atoms with van der Waals surface area (Å²) in [6, 6.07) is 5.27. The molecule has 5 heteroatoms. The summed E-state index contributed by atoms with van der Waals surface area (Å²) in [5.41, 5.74) is 12.0. The van der Waals surface area contributed by atoms with Crippen molar-refractivity contribution in [3.63, 3.8) is 0 Å². The number of carbonyl (C=O) groups excluding carboxylic acids is 1. The molecule has 1 aromatic rings. The third kappa shape index (κ3) is 3.21. The summed E-state index contributed by atoms with van der Waals surface area (Å²) in [5.74, 6) is -0.173. The minimum atomic E-state index is -0.173. The number of hydrogen-bond donors (Lipinski definition) is 3. The summed E-state index contributed by atoms with van der Waals surface area (Å²) in [4.78, 5) is 11.7. The molecule has 82 valence electrons. The molecule has 0 aliphatic rings. The van der Waals surface area contributed by atoms with Gasteiger partial charge in [0.25, 0.3) is 5.91 Å². The highest BCUT2D eigenvalue weighted by Gasteiger charge is 2.12. The molecular formula is C10H14BrN3O. The number of rotatable bonds is 4. The normalized spacial score (nSPS) is 10.0. The fourth-order valence-electron chi connectivity index (χ4n) is 1.17. The lowest BCUT2D eigenvalue weighted by molar-refractivity contribution is 0.0953. The Balaban J connectivity index is 2.73. The van der Waals surface area contributed by atoms with E-state index < -0.39 is 0 Å². The van der Waals surface area contributed by atoms with Gasteiger partial charge in [-0.25, -0.2) is 0 Å². The predicted octanol–water partition coefficient (Wildman–Crippen LogP) is 1.11. The number of amides is 1. The molecular weight excluding hydrogens is 258 g/mol. The maximum absolute atomic E-state index is 11.7. The van der Waals surface area contributed by atoms with Gasteiger partial charge in [0.2, 0.25) is 0 Å². The van der Waals surface area contributed by atoms with Crippen molar-refractivity contribution in [3.05, 3.63) is 28.2 Å². The minimum Gasteiger partial charge on any atom is -0.398 e. The molecule has 4 nitrogen and oxygen atoms in total. The molecule has 0 bridgehead atoms. The standard InChI is InChI=1S/C10H14BrN3O/c11-7-3-1-4-8(13)9(7)10(15)14-6-2-5-12/h1,3-4H,2,5-6,12-13H2,(H,14,15). The van der Waals surface area contributed by atoms with E-state index in [1.165, 1.54) is 0 Å². The fraction of sp³-hybridized carbons (Fsp3) is 0.300. The quantitative estimate of drug-likeness (QED) is 0.567. The smallest absolute Gasteiger partial charge is 0.254 e. The molecule has 0 fully saturated rings. The second-order valence-corrected chi connectivity index (χ2v) is 3.96. The lowest BCUT2D eigenvalue weighted by Crippen LogP contribution is -2.27. The van der Waals surface area contributed by atoms with Gasteiger partial charge in [0, 0.05) is 16.7 Å². The summed E-state index contributed by atoms with van der Waals surface area (Å²) in [6.07, 6.45) is 0.760. The van der Waals surface area contributed by atoms with Crippen LogP contribution in [0.4, 0.5) is 5.69 Å². The number of nitrogens with one attached hydrogen (secondary N) is 1. The number of halogens is 1. The number of hydrogen-bond acceptors (Lipinski definition) is 3. The molecule has 0 aromatic heterocycles. The van der Waals surface area contributed by atoms with Crippen molar-refractivity contribution in [2.45, 2.75) is 6.42 Å². The van der Waals surface area contributed by atoms with Crippen LogP contribution in [0.1, 0.15) is 16.8 Å². The third-order valence-corrected chi connectivity index (χ3v) is 2.60. The summed E-state index contributed by atoms with van der Waals surface area (Å²) in [7, 11) is 0. The van der Waals surface area contributed by atoms with Gasteiger partial charge in [-0.05, 0) is 41.0 Å². The van der Waals surface area contributed by atoms with Crippen molar-refractivity contribution in [1.82, 2.24) is 5.32 Å². The third-order valence-electron chi connectivity index (χ3n) is 1.94. The molecule has 0 atom stereocenters. The van der Waals surface area contributed by atoms with Gasteiger partial charge in [-0.1, -0.05) is 6.07 Å². The summed E-state index contributed by atoms with van der Waals surface area (Å²) in [6.45, 7) is 1.13. The van der Waals surface area contributed by atoms with Crippen LogP contribution in [0.2, 0.25) is 0 Å². The van der Waals surface area contributed by atoms with Crippen LogP contribution in [-0.4, -0.2) is 19.0 Å². The Bertz CT molecular complexity index is 334. The van der Waals surface area contributed by atoms with E-state index in [1.54, 1.807) is 18.2 Å². The molecule has 0 radical (unpaired) electrons. The first-order chi connectivity index (χ1) is 7.16. The number of nitrogen functional groups attached to an aromatic ring is 1. The first kappa shape index (κ1) is 12.0. The Morgan fingerprint density at radius 1 is 1.47 bits per heavy atom. The van der Waals surface area contributed by atoms with Crippen molar-refractivity contribution in [2.24, 2.45) is 5.73 Å². The summed E-state index contributed by atoms with van der Waals surface area (Å²) >= 11 is 3.29. The van der Waals surface area contributed by atoms with Crippen LogP contribution in [0.3, 0.4) is 0 Å². The lowest BCUT2D eigenvalue weighted by atomic mass is 10.1. The van der Waals surface area contributed by atoms with Crippen molar-refractivity contribution in [3.8, 4) is 0 Å². The van der Waals surface area contributed by atoms with Gasteiger partial charge in [-0.3, -0.25) is 4.79 Å². The molecule has 1 rings (SSSR count). The summed E-state index contributed by atoms with van der Waals surface area (Å²) < 4.78 is 0.702. The highest BCUT2D eigenvalue weighted by Crippen LogP contribution is 2.21. The van der Waals surface area contributed by atoms with E-state index in [9.17, 15) is 4.79 Å². The zero-order valence-electron chi connectivity index (χ0n) is 8.29. The molecule has 1 amide bonds. The van der Waals surface area contributed by atoms with E-state index in [0.717, 1.165) is 6.42 Å². The van der Waals surface area contributed by atoms with E-state index in [-0.39, 0.29) is 5.91 Å². The van der Waals surface area contributed by atoms with Crippen LogP contribution in [-0.2, 0) is 0 Å². The van der Waals surface area contributed by atoms with Crippen LogP contribution < -0.4 is 16.8 Å². The van der Waals surface area contributed by atoms with Crippen LogP contribution in [0.5, 0.6) is 0 Å². The highest BCUT2D eigenvalue weighted by atomic mass is 79.9. The number of carbonyl (C=O) groups is 1. The first-order valence-corrected chi connectivity index (χ1v) is 5.48. The monoisotopic (exact) mass is 271 g/mol. The van der Waals surface area contributed by atoms with Crippen LogP contribution in [0.15, 0.2) is 22.7 Å². The van der Waals surface area contributed by atoms with Gasteiger partial charge in [0.15, 0.2) is 0 Å². The van der Waals surface area contributed by atoms with Crippen molar-refractivity contribution in [1.29, 1.82) is 0 Å². The van der Waals surface area contributed by atoms with Gasteiger partial charge in [-0.2, -0.15) is 0 Å². The van der Waals surface area contributed by atoms with E-state index >= 15 is 0 Å². The average Bonchev–Trinajstić information content (AvgIpc) is 2.18. The fourth-order valence-corrected chi connectivity index (χ4v) is 1.73. The number of benzene rings is 1. The molecule has 0 heterocycles. The van der Waals surface area contributed by atoms with Crippen LogP contribution in [0.25, 0.3) is 0 Å². The topological polar surface area (TPSA) is 81.1 Å². The zero-order chi connectivity index (χ0) is 11.3. The van der Waals surface area contributed by atoms with E-state index in [1.807, 2.05) is 0 Å². The second-order valence-electron chi connectivity index (χ2n) is 3.10. The molecule has 5 N–H and O–H groups in total. The Hall–Kier alpha value is -1.07. The average molecular weight is 272 g/mol. The molecule has 0 saturated carbocycles. The molecule has 1 aromatic carbocycles.